The van der Waals surface area contributed by atoms with E-state index >= 15 is 0 Å². The van der Waals surface area contributed by atoms with Crippen molar-refractivity contribution < 1.29 is 0 Å². The number of hydrogen-bond acceptors (Lipinski definition) is 1. The lowest BCUT2D eigenvalue weighted by Crippen LogP contribution is -2.38. The monoisotopic (exact) mass is 183 g/mol. The summed E-state index contributed by atoms with van der Waals surface area (Å²) in [5, 5.41) is 3.47. The van der Waals surface area contributed by atoms with Crippen molar-refractivity contribution >= 4 is 0 Å². The molecule has 1 nitrogen and oxygen atoms in total. The number of nitrogens with one attached hydrogen (secondary N) is 1. The van der Waals surface area contributed by atoms with Crippen molar-refractivity contribution in [1.82, 2.24) is 5.32 Å². The van der Waals surface area contributed by atoms with Crippen LogP contribution < -0.4 is 5.32 Å². The molecule has 1 aliphatic heterocycles. The average molecular weight is 183 g/mol. The van der Waals surface area contributed by atoms with Gasteiger partial charge in [-0.05, 0) is 49.6 Å². The fourth-order valence-electron chi connectivity index (χ4n) is 2.80. The zero-order valence-electron chi connectivity index (χ0n) is 9.64. The lowest BCUT2D eigenvalue weighted by Gasteiger charge is -2.34. The summed E-state index contributed by atoms with van der Waals surface area (Å²) in [7, 11) is 0. The third kappa shape index (κ3) is 3.30. The van der Waals surface area contributed by atoms with Gasteiger partial charge in [0, 0.05) is 0 Å². The highest BCUT2D eigenvalue weighted by molar-refractivity contribution is 4.79. The largest absolute Gasteiger partial charge is 0.316 e. The zero-order chi connectivity index (χ0) is 9.84. The number of piperidine rings is 1. The quantitative estimate of drug-likeness (QED) is 0.709. The van der Waals surface area contributed by atoms with Crippen molar-refractivity contribution in [2.24, 2.45) is 23.7 Å². The van der Waals surface area contributed by atoms with Gasteiger partial charge in [0.25, 0.3) is 0 Å². The van der Waals surface area contributed by atoms with Crippen molar-refractivity contribution in [3.05, 3.63) is 0 Å². The Morgan fingerprint density at radius 1 is 1.31 bits per heavy atom. The summed E-state index contributed by atoms with van der Waals surface area (Å²) in [5.41, 5.74) is 0. The predicted octanol–water partition coefficient (Wildman–Crippen LogP) is 2.91. The second-order valence-electron chi connectivity index (χ2n) is 5.24. The van der Waals surface area contributed by atoms with Crippen LogP contribution in [0.5, 0.6) is 0 Å². The molecule has 1 saturated heterocycles. The molecule has 0 radical (unpaired) electrons. The summed E-state index contributed by atoms with van der Waals surface area (Å²) in [6.07, 6.45) is 2.78. The van der Waals surface area contributed by atoms with Gasteiger partial charge in [-0.25, -0.2) is 0 Å². The van der Waals surface area contributed by atoms with Crippen molar-refractivity contribution in [3.8, 4) is 0 Å². The highest BCUT2D eigenvalue weighted by Gasteiger charge is 2.26. The molecule has 78 valence electrons. The van der Waals surface area contributed by atoms with E-state index in [4.69, 9.17) is 0 Å². The summed E-state index contributed by atoms with van der Waals surface area (Å²) < 4.78 is 0. The topological polar surface area (TPSA) is 12.0 Å². The fourth-order valence-corrected chi connectivity index (χ4v) is 2.80. The van der Waals surface area contributed by atoms with E-state index in [1.54, 1.807) is 0 Å². The third-order valence-corrected chi connectivity index (χ3v) is 3.43. The minimum atomic E-state index is 0.858. The van der Waals surface area contributed by atoms with Gasteiger partial charge in [0.1, 0.15) is 0 Å². The van der Waals surface area contributed by atoms with E-state index in [0.717, 1.165) is 23.7 Å². The van der Waals surface area contributed by atoms with E-state index in [1.165, 1.54) is 25.9 Å². The Hall–Kier alpha value is -0.0400. The van der Waals surface area contributed by atoms with E-state index in [2.05, 4.69) is 33.0 Å². The van der Waals surface area contributed by atoms with Crippen LogP contribution in [0.4, 0.5) is 0 Å². The van der Waals surface area contributed by atoms with Crippen LogP contribution in [0.15, 0.2) is 0 Å². The molecule has 0 amide bonds. The lowest BCUT2D eigenvalue weighted by molar-refractivity contribution is 0.179. The molecule has 0 saturated carbocycles. The molecular weight excluding hydrogens is 158 g/mol. The lowest BCUT2D eigenvalue weighted by atomic mass is 9.76. The molecule has 1 rings (SSSR count). The predicted molar refractivity (Wildman–Crippen MR) is 58.8 cm³/mol. The number of rotatable bonds is 3. The Kier molecular flexibility index (Phi) is 4.24. The second-order valence-corrected chi connectivity index (χ2v) is 5.24. The van der Waals surface area contributed by atoms with E-state index in [9.17, 15) is 0 Å². The Labute approximate surface area is 83.3 Å². The zero-order valence-corrected chi connectivity index (χ0v) is 9.64. The summed E-state index contributed by atoms with van der Waals surface area (Å²) in [6, 6.07) is 0. The average Bonchev–Trinajstić information content (AvgIpc) is 2.03. The molecule has 0 aromatic rings. The molecule has 3 atom stereocenters. The van der Waals surface area contributed by atoms with Crippen LogP contribution in [-0.2, 0) is 0 Å². The van der Waals surface area contributed by atoms with Crippen molar-refractivity contribution in [2.45, 2.75) is 40.5 Å². The normalized spacial score (nSPS) is 32.1. The van der Waals surface area contributed by atoms with Crippen molar-refractivity contribution in [3.63, 3.8) is 0 Å². The van der Waals surface area contributed by atoms with E-state index < -0.39 is 0 Å². The van der Waals surface area contributed by atoms with Crippen LogP contribution in [0.1, 0.15) is 40.5 Å². The molecular formula is C12H25N. The molecule has 1 heteroatoms. The minimum absolute atomic E-state index is 0.858. The molecule has 0 spiro atoms. The Morgan fingerprint density at radius 2 is 2.00 bits per heavy atom. The first kappa shape index (κ1) is 11.0. The van der Waals surface area contributed by atoms with E-state index in [-0.39, 0.29) is 0 Å². The first-order valence-electron chi connectivity index (χ1n) is 5.82. The van der Waals surface area contributed by atoms with Crippen LogP contribution in [-0.4, -0.2) is 13.1 Å². The molecule has 0 aromatic carbocycles. The summed E-state index contributed by atoms with van der Waals surface area (Å²) in [5.74, 6) is 3.61. The molecule has 1 fully saturated rings. The molecule has 0 bridgehead atoms. The van der Waals surface area contributed by atoms with Crippen LogP contribution >= 0.6 is 0 Å². The third-order valence-electron chi connectivity index (χ3n) is 3.43. The van der Waals surface area contributed by atoms with Gasteiger partial charge in [-0.15, -0.1) is 0 Å². The smallest absolute Gasteiger partial charge is 0.00204 e. The molecule has 1 aliphatic rings. The molecule has 0 aliphatic carbocycles. The first-order valence-corrected chi connectivity index (χ1v) is 5.82. The molecule has 1 N–H and O–H groups in total. The molecule has 0 aromatic heterocycles. The molecule has 1 heterocycles. The van der Waals surface area contributed by atoms with Gasteiger partial charge in [0.15, 0.2) is 0 Å². The second kappa shape index (κ2) is 4.99. The Morgan fingerprint density at radius 3 is 2.54 bits per heavy atom. The SMILES string of the molecule is CC(C)CC(C)C1CCNCC1C. The maximum atomic E-state index is 3.47. The first-order chi connectivity index (χ1) is 6.11. The Balaban J connectivity index is 2.39. The summed E-state index contributed by atoms with van der Waals surface area (Å²) in [4.78, 5) is 0. The van der Waals surface area contributed by atoms with Crippen LogP contribution in [0.3, 0.4) is 0 Å². The van der Waals surface area contributed by atoms with Gasteiger partial charge in [-0.1, -0.05) is 27.7 Å². The van der Waals surface area contributed by atoms with Gasteiger partial charge < -0.3 is 5.32 Å². The Bertz CT molecular complexity index is 142. The van der Waals surface area contributed by atoms with E-state index in [1.807, 2.05) is 0 Å². The maximum absolute atomic E-state index is 3.47. The molecule has 13 heavy (non-hydrogen) atoms. The maximum Gasteiger partial charge on any atom is -0.00204 e. The van der Waals surface area contributed by atoms with E-state index in [0.29, 0.717) is 0 Å². The minimum Gasteiger partial charge on any atom is -0.316 e. The van der Waals surface area contributed by atoms with Crippen LogP contribution in [0, 0.1) is 23.7 Å². The summed E-state index contributed by atoms with van der Waals surface area (Å²) >= 11 is 0. The van der Waals surface area contributed by atoms with Gasteiger partial charge >= 0.3 is 0 Å². The van der Waals surface area contributed by atoms with Gasteiger partial charge in [-0.3, -0.25) is 0 Å². The van der Waals surface area contributed by atoms with Gasteiger partial charge in [0.05, 0.1) is 0 Å². The standard InChI is InChI=1S/C12H25N/c1-9(2)7-10(3)12-5-6-13-8-11(12)4/h9-13H,5-8H2,1-4H3. The molecule has 3 unspecified atom stereocenters. The van der Waals surface area contributed by atoms with Gasteiger partial charge in [0.2, 0.25) is 0 Å². The fraction of sp³-hybridized carbons (Fsp3) is 1.00. The number of hydrogen-bond donors (Lipinski definition) is 1. The highest BCUT2D eigenvalue weighted by Crippen LogP contribution is 2.30. The summed E-state index contributed by atoms with van der Waals surface area (Å²) in [6.45, 7) is 12.0. The van der Waals surface area contributed by atoms with Crippen molar-refractivity contribution in [2.75, 3.05) is 13.1 Å². The van der Waals surface area contributed by atoms with Crippen molar-refractivity contribution in [1.29, 1.82) is 0 Å². The highest BCUT2D eigenvalue weighted by atomic mass is 14.9. The van der Waals surface area contributed by atoms with Crippen LogP contribution in [0.25, 0.3) is 0 Å². The van der Waals surface area contributed by atoms with Crippen LogP contribution in [0.2, 0.25) is 0 Å². The van der Waals surface area contributed by atoms with Gasteiger partial charge in [-0.2, -0.15) is 0 Å².